The van der Waals surface area contributed by atoms with Crippen LogP contribution in [0.1, 0.15) is 11.7 Å². The van der Waals surface area contributed by atoms with Crippen LogP contribution in [-0.4, -0.2) is 33.9 Å². The average molecular weight is 363 g/mol. The van der Waals surface area contributed by atoms with Gasteiger partial charge >= 0.3 is 6.03 Å². The minimum Gasteiger partial charge on any atom is -0.394 e. The second-order valence-corrected chi connectivity index (χ2v) is 6.06. The van der Waals surface area contributed by atoms with E-state index in [-0.39, 0.29) is 6.61 Å². The molecule has 6 nitrogen and oxygen atoms in total. The number of hydrogen-bond donors (Lipinski definition) is 4. The summed E-state index contributed by atoms with van der Waals surface area (Å²) >= 11 is 0. The number of aromatic nitrogens is 1. The van der Waals surface area contributed by atoms with Crippen molar-refractivity contribution in [3.8, 4) is 11.1 Å². The predicted molar refractivity (Wildman–Crippen MR) is 104 cm³/mol. The van der Waals surface area contributed by atoms with Crippen molar-refractivity contribution in [3.63, 3.8) is 0 Å². The van der Waals surface area contributed by atoms with Gasteiger partial charge in [-0.1, -0.05) is 42.5 Å². The van der Waals surface area contributed by atoms with Crippen LogP contribution in [0.25, 0.3) is 11.1 Å². The largest absolute Gasteiger partial charge is 0.394 e. The summed E-state index contributed by atoms with van der Waals surface area (Å²) in [5.74, 6) is 0. The maximum absolute atomic E-state index is 12.2. The van der Waals surface area contributed by atoms with Crippen molar-refractivity contribution in [1.82, 2.24) is 10.3 Å². The highest BCUT2D eigenvalue weighted by Gasteiger charge is 2.22. The van der Waals surface area contributed by atoms with E-state index in [1.54, 1.807) is 48.8 Å². The SMILES string of the molecule is O=C(Nc1ccc(-c2ccncc2)cc1)N[C@@H](CO)[C@@H](O)c1ccccc1. The van der Waals surface area contributed by atoms with Gasteiger partial charge in [0.2, 0.25) is 0 Å². The van der Waals surface area contributed by atoms with Crippen molar-refractivity contribution in [2.75, 3.05) is 11.9 Å². The number of carbonyl (C=O) groups is 1. The second-order valence-electron chi connectivity index (χ2n) is 6.06. The lowest BCUT2D eigenvalue weighted by atomic mass is 10.0. The number of pyridine rings is 1. The van der Waals surface area contributed by atoms with Crippen LogP contribution in [0.3, 0.4) is 0 Å². The number of nitrogens with one attached hydrogen (secondary N) is 2. The van der Waals surface area contributed by atoms with Crippen molar-refractivity contribution < 1.29 is 15.0 Å². The average Bonchev–Trinajstić information content (AvgIpc) is 2.73. The van der Waals surface area contributed by atoms with Gasteiger partial charge in [-0.05, 0) is 41.0 Å². The van der Waals surface area contributed by atoms with Crippen LogP contribution in [0.4, 0.5) is 10.5 Å². The van der Waals surface area contributed by atoms with E-state index in [1.807, 2.05) is 30.3 Å². The topological polar surface area (TPSA) is 94.5 Å². The summed E-state index contributed by atoms with van der Waals surface area (Å²) in [5, 5.41) is 25.2. The minimum absolute atomic E-state index is 0.384. The van der Waals surface area contributed by atoms with Crippen molar-refractivity contribution in [2.24, 2.45) is 0 Å². The summed E-state index contributed by atoms with van der Waals surface area (Å²) in [7, 11) is 0. The predicted octanol–water partition coefficient (Wildman–Crippen LogP) is 2.96. The van der Waals surface area contributed by atoms with E-state index < -0.39 is 18.2 Å². The molecule has 0 bridgehead atoms. The van der Waals surface area contributed by atoms with Crippen molar-refractivity contribution in [2.45, 2.75) is 12.1 Å². The summed E-state index contributed by atoms with van der Waals surface area (Å²) in [5.41, 5.74) is 3.28. The van der Waals surface area contributed by atoms with Crippen LogP contribution < -0.4 is 10.6 Å². The molecule has 0 spiro atoms. The van der Waals surface area contributed by atoms with Crippen LogP contribution in [0.15, 0.2) is 79.1 Å². The molecular weight excluding hydrogens is 342 g/mol. The van der Waals surface area contributed by atoms with E-state index in [1.165, 1.54) is 0 Å². The Labute approximate surface area is 157 Å². The fourth-order valence-corrected chi connectivity index (χ4v) is 2.73. The van der Waals surface area contributed by atoms with Gasteiger partial charge < -0.3 is 20.8 Å². The summed E-state index contributed by atoms with van der Waals surface area (Å²) in [4.78, 5) is 16.2. The monoisotopic (exact) mass is 363 g/mol. The quantitative estimate of drug-likeness (QED) is 0.542. The third-order valence-electron chi connectivity index (χ3n) is 4.19. The smallest absolute Gasteiger partial charge is 0.319 e. The Morgan fingerprint density at radius 2 is 1.56 bits per heavy atom. The zero-order valence-corrected chi connectivity index (χ0v) is 14.6. The molecule has 138 valence electrons. The van der Waals surface area contributed by atoms with Gasteiger partial charge in [0.25, 0.3) is 0 Å². The minimum atomic E-state index is -1.00. The third-order valence-corrected chi connectivity index (χ3v) is 4.19. The molecular formula is C21H21N3O3. The lowest BCUT2D eigenvalue weighted by molar-refractivity contribution is 0.0950. The second kappa shape index (κ2) is 8.93. The van der Waals surface area contributed by atoms with Crippen LogP contribution in [0.2, 0.25) is 0 Å². The molecule has 1 aromatic heterocycles. The summed E-state index contributed by atoms with van der Waals surface area (Å²) in [6.07, 6.45) is 2.44. The van der Waals surface area contributed by atoms with Gasteiger partial charge in [-0.15, -0.1) is 0 Å². The molecule has 0 radical (unpaired) electrons. The van der Waals surface area contributed by atoms with Crippen LogP contribution in [0.5, 0.6) is 0 Å². The molecule has 0 unspecified atom stereocenters. The molecule has 4 N–H and O–H groups in total. The first kappa shape index (κ1) is 18.6. The Morgan fingerprint density at radius 3 is 2.19 bits per heavy atom. The van der Waals surface area contributed by atoms with Gasteiger partial charge in [-0.3, -0.25) is 4.98 Å². The van der Waals surface area contributed by atoms with E-state index in [4.69, 9.17) is 0 Å². The molecule has 0 fully saturated rings. The first-order chi connectivity index (χ1) is 13.2. The summed E-state index contributed by atoms with van der Waals surface area (Å²) in [6.45, 7) is -0.384. The molecule has 2 aromatic carbocycles. The molecule has 0 saturated carbocycles. The fraction of sp³-hybridized carbons (Fsp3) is 0.143. The highest BCUT2D eigenvalue weighted by atomic mass is 16.3. The molecule has 2 atom stereocenters. The highest BCUT2D eigenvalue weighted by Crippen LogP contribution is 2.21. The van der Waals surface area contributed by atoms with Gasteiger partial charge in [0, 0.05) is 18.1 Å². The Morgan fingerprint density at radius 1 is 0.926 bits per heavy atom. The fourth-order valence-electron chi connectivity index (χ4n) is 2.73. The first-order valence-corrected chi connectivity index (χ1v) is 8.59. The molecule has 6 heteroatoms. The summed E-state index contributed by atoms with van der Waals surface area (Å²) < 4.78 is 0. The molecule has 0 saturated heterocycles. The van der Waals surface area contributed by atoms with Gasteiger partial charge in [0.15, 0.2) is 0 Å². The lowest BCUT2D eigenvalue weighted by Crippen LogP contribution is -2.44. The van der Waals surface area contributed by atoms with E-state index in [2.05, 4.69) is 15.6 Å². The molecule has 27 heavy (non-hydrogen) atoms. The number of amides is 2. The maximum Gasteiger partial charge on any atom is 0.319 e. The van der Waals surface area contributed by atoms with Crippen molar-refractivity contribution in [1.29, 1.82) is 0 Å². The zero-order valence-electron chi connectivity index (χ0n) is 14.6. The third kappa shape index (κ3) is 4.91. The number of hydrogen-bond acceptors (Lipinski definition) is 4. The lowest BCUT2D eigenvalue weighted by Gasteiger charge is -2.22. The van der Waals surface area contributed by atoms with Crippen molar-refractivity contribution >= 4 is 11.7 Å². The van der Waals surface area contributed by atoms with Crippen molar-refractivity contribution in [3.05, 3.63) is 84.7 Å². The number of aliphatic hydroxyl groups is 2. The Balaban J connectivity index is 1.61. The molecule has 0 aliphatic carbocycles. The van der Waals surface area contributed by atoms with E-state index in [9.17, 15) is 15.0 Å². The maximum atomic E-state index is 12.2. The first-order valence-electron chi connectivity index (χ1n) is 8.59. The number of anilines is 1. The molecule has 3 aromatic rings. The number of rotatable bonds is 6. The number of aliphatic hydroxyl groups excluding tert-OH is 2. The van der Waals surface area contributed by atoms with Crippen LogP contribution >= 0.6 is 0 Å². The van der Waals surface area contributed by atoms with Gasteiger partial charge in [0.05, 0.1) is 12.6 Å². The Hall–Kier alpha value is -3.22. The molecule has 3 rings (SSSR count). The van der Waals surface area contributed by atoms with E-state index in [0.29, 0.717) is 11.3 Å². The zero-order chi connectivity index (χ0) is 19.1. The highest BCUT2D eigenvalue weighted by molar-refractivity contribution is 5.89. The number of nitrogens with zero attached hydrogens (tertiary/aromatic N) is 1. The van der Waals surface area contributed by atoms with E-state index in [0.717, 1.165) is 11.1 Å². The van der Waals surface area contributed by atoms with E-state index >= 15 is 0 Å². The Bertz CT molecular complexity index is 855. The van der Waals surface area contributed by atoms with Gasteiger partial charge in [0.1, 0.15) is 6.10 Å². The van der Waals surface area contributed by atoms with Crippen LogP contribution in [-0.2, 0) is 0 Å². The molecule has 0 aliphatic rings. The van der Waals surface area contributed by atoms with Crippen LogP contribution in [0, 0.1) is 0 Å². The number of urea groups is 1. The number of carbonyl (C=O) groups excluding carboxylic acids is 1. The standard InChI is InChI=1S/C21H21N3O3/c25-14-19(20(26)17-4-2-1-3-5-17)24-21(27)23-18-8-6-15(7-9-18)16-10-12-22-13-11-16/h1-13,19-20,25-26H,14H2,(H2,23,24,27)/t19-,20-/m0/s1. The molecule has 0 aliphatic heterocycles. The van der Waals surface area contributed by atoms with Gasteiger partial charge in [-0.25, -0.2) is 4.79 Å². The normalized spacial score (nSPS) is 12.8. The molecule has 1 heterocycles. The molecule has 2 amide bonds. The Kier molecular flexibility index (Phi) is 6.14. The van der Waals surface area contributed by atoms with Gasteiger partial charge in [-0.2, -0.15) is 0 Å². The number of benzene rings is 2. The summed E-state index contributed by atoms with van der Waals surface area (Å²) in [6, 6.07) is 18.8.